The number of rotatable bonds is 2. The van der Waals surface area contributed by atoms with Gasteiger partial charge in [-0.15, -0.1) is 0 Å². The van der Waals surface area contributed by atoms with Crippen molar-refractivity contribution in [2.45, 2.75) is 38.1 Å². The molecule has 3 N–H and O–H groups in total. The van der Waals surface area contributed by atoms with Gasteiger partial charge in [0.2, 0.25) is 0 Å². The normalized spacial score (nSPS) is 22.0. The molecule has 37 heavy (non-hydrogen) atoms. The van der Waals surface area contributed by atoms with Gasteiger partial charge in [-0.25, -0.2) is 9.97 Å². The molecular weight excluding hydrogens is 460 g/mol. The van der Waals surface area contributed by atoms with Gasteiger partial charge in [-0.1, -0.05) is 36.4 Å². The molecule has 2 aromatic carbocycles. The van der Waals surface area contributed by atoms with Crippen molar-refractivity contribution >= 4 is 34.2 Å². The van der Waals surface area contributed by atoms with Crippen LogP contribution in [0, 0.1) is 5.41 Å². The van der Waals surface area contributed by atoms with Crippen LogP contribution in [-0.4, -0.2) is 52.9 Å². The predicted molar refractivity (Wildman–Crippen MR) is 147 cm³/mol. The number of nitrogens with two attached hydrogens (primary N) is 1. The van der Waals surface area contributed by atoms with Gasteiger partial charge in [-0.2, -0.15) is 5.10 Å². The van der Waals surface area contributed by atoms with E-state index in [1.165, 1.54) is 34.5 Å². The number of aryl methyl sites for hydroxylation is 1. The lowest BCUT2D eigenvalue weighted by atomic mass is 9.73. The Hall–Kier alpha value is -3.65. The number of fused-ring (bicyclic) bond motifs is 2. The molecule has 0 amide bonds. The summed E-state index contributed by atoms with van der Waals surface area (Å²) >= 11 is 0. The number of H-pyrrole nitrogens is 1. The molecule has 8 heteroatoms. The number of piperidine rings is 1. The molecule has 8 nitrogen and oxygen atoms in total. The lowest BCUT2D eigenvalue weighted by molar-refractivity contribution is 0.187. The number of para-hydroxylation sites is 1. The molecule has 1 aliphatic carbocycles. The van der Waals surface area contributed by atoms with Gasteiger partial charge in [0.1, 0.15) is 5.82 Å². The third-order valence-electron chi connectivity index (χ3n) is 9.34. The summed E-state index contributed by atoms with van der Waals surface area (Å²) in [5.41, 5.74) is 15.3. The van der Waals surface area contributed by atoms with Crippen molar-refractivity contribution in [3.8, 4) is 0 Å². The van der Waals surface area contributed by atoms with E-state index in [0.717, 1.165) is 81.2 Å². The lowest BCUT2D eigenvalue weighted by Gasteiger charge is -2.42. The first kappa shape index (κ1) is 21.4. The number of benzene rings is 2. The van der Waals surface area contributed by atoms with Gasteiger partial charge in [0.25, 0.3) is 0 Å². The van der Waals surface area contributed by atoms with E-state index in [2.05, 4.69) is 62.3 Å². The quantitative estimate of drug-likeness (QED) is 0.435. The number of hydrogen-bond acceptors (Lipinski definition) is 7. The zero-order chi connectivity index (χ0) is 24.6. The Bertz CT molecular complexity index is 1500. The van der Waals surface area contributed by atoms with Gasteiger partial charge in [0.15, 0.2) is 17.0 Å². The van der Waals surface area contributed by atoms with Crippen LogP contribution in [0.3, 0.4) is 0 Å². The van der Waals surface area contributed by atoms with Crippen molar-refractivity contribution in [2.75, 3.05) is 47.4 Å². The van der Waals surface area contributed by atoms with E-state index in [4.69, 9.17) is 20.8 Å². The number of anilines is 4. The Morgan fingerprint density at radius 3 is 2.68 bits per heavy atom. The van der Waals surface area contributed by atoms with Crippen molar-refractivity contribution in [3.63, 3.8) is 0 Å². The van der Waals surface area contributed by atoms with Crippen LogP contribution in [0.4, 0.5) is 23.0 Å². The largest absolute Gasteiger partial charge is 0.368 e. The van der Waals surface area contributed by atoms with Crippen LogP contribution in [0.2, 0.25) is 0 Å². The molecule has 2 aromatic heterocycles. The van der Waals surface area contributed by atoms with Gasteiger partial charge < -0.3 is 20.4 Å². The smallest absolute Gasteiger partial charge is 0.183 e. The summed E-state index contributed by atoms with van der Waals surface area (Å²) in [5.74, 6) is 1.79. The second-order valence-electron chi connectivity index (χ2n) is 11.2. The number of nitrogens with zero attached hydrogens (tertiary/aromatic N) is 6. The molecule has 0 saturated carbocycles. The molecule has 4 aromatic rings. The minimum Gasteiger partial charge on any atom is -0.368 e. The number of nitrogens with one attached hydrogen (secondary N) is 1. The van der Waals surface area contributed by atoms with E-state index < -0.39 is 0 Å². The summed E-state index contributed by atoms with van der Waals surface area (Å²) in [6.45, 7) is 4.93. The second-order valence-corrected chi connectivity index (χ2v) is 11.2. The minimum atomic E-state index is 0.124. The summed E-state index contributed by atoms with van der Waals surface area (Å²) in [5, 5.41) is 7.91. The van der Waals surface area contributed by atoms with Crippen LogP contribution in [0.1, 0.15) is 42.0 Å². The topological polar surface area (TPSA) is 90.2 Å². The summed E-state index contributed by atoms with van der Waals surface area (Å²) < 4.78 is 0. The van der Waals surface area contributed by atoms with Gasteiger partial charge in [0.05, 0.1) is 17.6 Å². The first-order valence-electron chi connectivity index (χ1n) is 13.6. The van der Waals surface area contributed by atoms with Crippen molar-refractivity contribution in [1.82, 2.24) is 20.2 Å². The van der Waals surface area contributed by atoms with E-state index in [-0.39, 0.29) is 11.5 Å². The molecule has 1 spiro atoms. The van der Waals surface area contributed by atoms with Gasteiger partial charge in [0, 0.05) is 38.8 Å². The first-order valence-corrected chi connectivity index (χ1v) is 13.6. The Kier molecular flexibility index (Phi) is 4.59. The summed E-state index contributed by atoms with van der Waals surface area (Å²) in [4.78, 5) is 17.1. The third kappa shape index (κ3) is 3.14. The Labute approximate surface area is 216 Å². The highest BCUT2D eigenvalue weighted by atomic mass is 15.3. The Morgan fingerprint density at radius 2 is 1.78 bits per heavy atom. The monoisotopic (exact) mass is 492 g/mol. The zero-order valence-electron chi connectivity index (χ0n) is 21.0. The maximum absolute atomic E-state index is 6.79. The van der Waals surface area contributed by atoms with E-state index in [0.29, 0.717) is 0 Å². The molecule has 1 fully saturated rings. The zero-order valence-corrected chi connectivity index (χ0v) is 21.0. The highest BCUT2D eigenvalue weighted by Gasteiger charge is 2.46. The molecule has 188 valence electrons. The SMILES string of the molecule is N[C@@H]1c2ccccc2CC12CCN(c1cnc3c(N4CCN5CCCc6cccc4c65)n[nH]c3n1)CC2. The molecule has 0 bridgehead atoms. The molecule has 0 radical (unpaired) electrons. The number of aromatic amines is 1. The maximum Gasteiger partial charge on any atom is 0.183 e. The predicted octanol–water partition coefficient (Wildman–Crippen LogP) is 4.10. The van der Waals surface area contributed by atoms with E-state index in [1.807, 2.05) is 6.20 Å². The van der Waals surface area contributed by atoms with Crippen LogP contribution in [0.15, 0.2) is 48.7 Å². The van der Waals surface area contributed by atoms with E-state index >= 15 is 0 Å². The molecule has 8 rings (SSSR count). The van der Waals surface area contributed by atoms with Gasteiger partial charge >= 0.3 is 0 Å². The molecule has 0 unspecified atom stereocenters. The van der Waals surface area contributed by atoms with Crippen molar-refractivity contribution < 1.29 is 0 Å². The molecule has 1 saturated heterocycles. The highest BCUT2D eigenvalue weighted by Crippen LogP contribution is 2.51. The Balaban J connectivity index is 1.06. The number of aromatic nitrogens is 4. The van der Waals surface area contributed by atoms with Crippen LogP contribution in [0.25, 0.3) is 11.2 Å². The van der Waals surface area contributed by atoms with Crippen LogP contribution < -0.4 is 20.4 Å². The first-order chi connectivity index (χ1) is 18.2. The molecule has 1 atom stereocenters. The molecule has 4 aliphatic rings. The maximum atomic E-state index is 6.79. The fourth-order valence-corrected chi connectivity index (χ4v) is 7.33. The van der Waals surface area contributed by atoms with Crippen LogP contribution >= 0.6 is 0 Å². The average molecular weight is 493 g/mol. The second kappa shape index (κ2) is 7.92. The Morgan fingerprint density at radius 1 is 0.919 bits per heavy atom. The van der Waals surface area contributed by atoms with E-state index in [9.17, 15) is 0 Å². The number of hydrogen-bond donors (Lipinski definition) is 2. The molecule has 3 aliphatic heterocycles. The molecular formula is C29H32N8. The van der Waals surface area contributed by atoms with Crippen molar-refractivity contribution in [1.29, 1.82) is 0 Å². The van der Waals surface area contributed by atoms with Crippen molar-refractivity contribution in [3.05, 3.63) is 65.4 Å². The van der Waals surface area contributed by atoms with Crippen LogP contribution in [-0.2, 0) is 12.8 Å². The molecule has 5 heterocycles. The highest BCUT2D eigenvalue weighted by molar-refractivity contribution is 5.91. The summed E-state index contributed by atoms with van der Waals surface area (Å²) in [6, 6.07) is 15.5. The van der Waals surface area contributed by atoms with Crippen molar-refractivity contribution in [2.24, 2.45) is 11.1 Å². The lowest BCUT2D eigenvalue weighted by Crippen LogP contribution is -2.44. The van der Waals surface area contributed by atoms with E-state index in [1.54, 1.807) is 0 Å². The summed E-state index contributed by atoms with van der Waals surface area (Å²) in [6.07, 6.45) is 7.53. The van der Waals surface area contributed by atoms with Gasteiger partial charge in [-0.05, 0) is 60.3 Å². The third-order valence-corrected chi connectivity index (χ3v) is 9.34. The van der Waals surface area contributed by atoms with Crippen LogP contribution in [0.5, 0.6) is 0 Å². The fraction of sp³-hybridized carbons (Fsp3) is 0.414. The van der Waals surface area contributed by atoms with Gasteiger partial charge in [-0.3, -0.25) is 5.10 Å². The fourth-order valence-electron chi connectivity index (χ4n) is 7.33. The minimum absolute atomic E-state index is 0.124. The standard InChI is InChI=1S/C29H32N8/c30-26-21-8-2-1-5-20(21)17-29(26)10-13-35(14-11-29)23-18-31-24-27(32-23)33-34-28(24)37-16-15-36-12-4-7-19-6-3-9-22(37)25(19)36/h1-3,5-6,8-9,18,26H,4,7,10-17,30H2,(H,32,33,34)/t26-/m1/s1. The summed E-state index contributed by atoms with van der Waals surface area (Å²) in [7, 11) is 0. The average Bonchev–Trinajstić information content (AvgIpc) is 3.48.